The highest BCUT2D eigenvalue weighted by molar-refractivity contribution is 5.69. The molecule has 2 aromatic rings. The second-order valence-electron chi connectivity index (χ2n) is 4.74. The van der Waals surface area contributed by atoms with Gasteiger partial charge in [0.15, 0.2) is 0 Å². The summed E-state index contributed by atoms with van der Waals surface area (Å²) in [6.07, 6.45) is 3.43. The first kappa shape index (κ1) is 11.2. The average molecular weight is 235 g/mol. The first-order valence-electron chi connectivity index (χ1n) is 6.45. The summed E-state index contributed by atoms with van der Waals surface area (Å²) in [7, 11) is 0. The Bertz CT molecular complexity index is 528. The second-order valence-corrected chi connectivity index (χ2v) is 4.74. The lowest BCUT2D eigenvalue weighted by atomic mass is 10.0. The number of nitrogens with one attached hydrogen (secondary N) is 1. The molecule has 0 fully saturated rings. The zero-order valence-corrected chi connectivity index (χ0v) is 10.3. The normalized spacial score (nSPS) is 18.7. The Balaban J connectivity index is 1.73. The quantitative estimate of drug-likeness (QED) is 0.861. The first-order valence-corrected chi connectivity index (χ1v) is 6.45. The van der Waals surface area contributed by atoms with Gasteiger partial charge in [-0.05, 0) is 23.1 Å². The Hall–Kier alpha value is -1.86. The standard InChI is InChI=1S/C17H17N/c1-3-7-14(8-4-1)11-17-12-16(13-18-17)15-9-5-2-6-10-15/h1-10,12,17-18H,11,13H2. The van der Waals surface area contributed by atoms with E-state index in [-0.39, 0.29) is 0 Å². The number of benzene rings is 2. The highest BCUT2D eigenvalue weighted by atomic mass is 14.9. The van der Waals surface area contributed by atoms with E-state index < -0.39 is 0 Å². The third kappa shape index (κ3) is 2.52. The Morgan fingerprint density at radius 2 is 1.56 bits per heavy atom. The molecule has 18 heavy (non-hydrogen) atoms. The minimum atomic E-state index is 0.461. The third-order valence-electron chi connectivity index (χ3n) is 3.40. The fourth-order valence-electron chi connectivity index (χ4n) is 2.45. The highest BCUT2D eigenvalue weighted by Gasteiger charge is 2.15. The van der Waals surface area contributed by atoms with Gasteiger partial charge in [0.1, 0.15) is 0 Å². The third-order valence-corrected chi connectivity index (χ3v) is 3.40. The molecule has 0 bridgehead atoms. The number of rotatable bonds is 3. The molecule has 0 saturated carbocycles. The molecule has 1 nitrogen and oxygen atoms in total. The van der Waals surface area contributed by atoms with E-state index in [0.29, 0.717) is 6.04 Å². The maximum Gasteiger partial charge on any atom is 0.0299 e. The van der Waals surface area contributed by atoms with Crippen LogP contribution in [-0.2, 0) is 6.42 Å². The molecule has 1 aliphatic rings. The van der Waals surface area contributed by atoms with E-state index in [2.05, 4.69) is 72.1 Å². The molecule has 1 N–H and O–H groups in total. The van der Waals surface area contributed by atoms with Crippen LogP contribution in [0.25, 0.3) is 5.57 Å². The maximum atomic E-state index is 3.56. The molecular weight excluding hydrogens is 218 g/mol. The van der Waals surface area contributed by atoms with Crippen LogP contribution in [0.5, 0.6) is 0 Å². The minimum absolute atomic E-state index is 0.461. The van der Waals surface area contributed by atoms with Crippen LogP contribution >= 0.6 is 0 Å². The molecule has 90 valence electrons. The van der Waals surface area contributed by atoms with Crippen molar-refractivity contribution < 1.29 is 0 Å². The summed E-state index contributed by atoms with van der Waals surface area (Å²) in [6, 6.07) is 21.7. The topological polar surface area (TPSA) is 12.0 Å². The Morgan fingerprint density at radius 3 is 2.28 bits per heavy atom. The summed E-state index contributed by atoms with van der Waals surface area (Å²) in [5.74, 6) is 0. The molecule has 0 aromatic heterocycles. The molecule has 0 spiro atoms. The van der Waals surface area contributed by atoms with E-state index in [9.17, 15) is 0 Å². The van der Waals surface area contributed by atoms with E-state index in [4.69, 9.17) is 0 Å². The summed E-state index contributed by atoms with van der Waals surface area (Å²) >= 11 is 0. The van der Waals surface area contributed by atoms with Crippen LogP contribution in [-0.4, -0.2) is 12.6 Å². The molecule has 0 aliphatic carbocycles. The minimum Gasteiger partial charge on any atom is -0.306 e. The molecule has 1 heterocycles. The molecule has 3 rings (SSSR count). The molecule has 0 amide bonds. The molecule has 1 atom stereocenters. The highest BCUT2D eigenvalue weighted by Crippen LogP contribution is 2.20. The lowest BCUT2D eigenvalue weighted by molar-refractivity contribution is 0.666. The zero-order valence-electron chi connectivity index (χ0n) is 10.3. The van der Waals surface area contributed by atoms with Crippen LogP contribution in [0.3, 0.4) is 0 Å². The van der Waals surface area contributed by atoms with Crippen LogP contribution in [0.4, 0.5) is 0 Å². The van der Waals surface area contributed by atoms with Gasteiger partial charge in [-0.1, -0.05) is 66.7 Å². The van der Waals surface area contributed by atoms with Gasteiger partial charge in [-0.2, -0.15) is 0 Å². The fourth-order valence-corrected chi connectivity index (χ4v) is 2.45. The summed E-state index contributed by atoms with van der Waals surface area (Å²) in [6.45, 7) is 0.974. The van der Waals surface area contributed by atoms with Gasteiger partial charge in [0.05, 0.1) is 0 Å². The van der Waals surface area contributed by atoms with Gasteiger partial charge in [-0.15, -0.1) is 0 Å². The van der Waals surface area contributed by atoms with Crippen molar-refractivity contribution in [2.75, 3.05) is 6.54 Å². The smallest absolute Gasteiger partial charge is 0.0299 e. The van der Waals surface area contributed by atoms with Crippen LogP contribution < -0.4 is 5.32 Å². The molecule has 2 aromatic carbocycles. The Kier molecular flexibility index (Phi) is 3.24. The van der Waals surface area contributed by atoms with Crippen LogP contribution in [0, 0.1) is 0 Å². The van der Waals surface area contributed by atoms with E-state index >= 15 is 0 Å². The SMILES string of the molecule is C1=C(c2ccccc2)CNC1Cc1ccccc1. The van der Waals surface area contributed by atoms with Crippen molar-refractivity contribution in [3.8, 4) is 0 Å². The van der Waals surface area contributed by atoms with Crippen molar-refractivity contribution in [3.05, 3.63) is 77.9 Å². The van der Waals surface area contributed by atoms with Gasteiger partial charge in [0.25, 0.3) is 0 Å². The van der Waals surface area contributed by atoms with Gasteiger partial charge >= 0.3 is 0 Å². The number of hydrogen-bond donors (Lipinski definition) is 1. The number of hydrogen-bond acceptors (Lipinski definition) is 1. The molecule has 1 heteroatoms. The Labute approximate surface area is 108 Å². The zero-order chi connectivity index (χ0) is 12.2. The average Bonchev–Trinajstić information content (AvgIpc) is 2.89. The fraction of sp³-hybridized carbons (Fsp3) is 0.176. The molecule has 0 saturated heterocycles. The molecule has 1 aliphatic heterocycles. The largest absolute Gasteiger partial charge is 0.306 e. The van der Waals surface area contributed by atoms with Crippen molar-refractivity contribution in [1.82, 2.24) is 5.32 Å². The first-order chi connectivity index (χ1) is 8.92. The van der Waals surface area contributed by atoms with Gasteiger partial charge in [0, 0.05) is 12.6 Å². The lowest BCUT2D eigenvalue weighted by Gasteiger charge is -2.07. The van der Waals surface area contributed by atoms with Crippen molar-refractivity contribution in [2.24, 2.45) is 0 Å². The molecule has 1 unspecified atom stereocenters. The van der Waals surface area contributed by atoms with Gasteiger partial charge in [0.2, 0.25) is 0 Å². The van der Waals surface area contributed by atoms with Crippen molar-refractivity contribution in [1.29, 1.82) is 0 Å². The van der Waals surface area contributed by atoms with Crippen molar-refractivity contribution in [2.45, 2.75) is 12.5 Å². The summed E-state index contributed by atoms with van der Waals surface area (Å²) < 4.78 is 0. The van der Waals surface area contributed by atoms with E-state index in [1.807, 2.05) is 0 Å². The maximum absolute atomic E-state index is 3.56. The second kappa shape index (κ2) is 5.19. The van der Waals surface area contributed by atoms with E-state index in [1.165, 1.54) is 16.7 Å². The van der Waals surface area contributed by atoms with Crippen LogP contribution in [0.15, 0.2) is 66.7 Å². The van der Waals surface area contributed by atoms with Crippen molar-refractivity contribution in [3.63, 3.8) is 0 Å². The van der Waals surface area contributed by atoms with Crippen LogP contribution in [0.1, 0.15) is 11.1 Å². The molecule has 0 radical (unpaired) electrons. The van der Waals surface area contributed by atoms with E-state index in [0.717, 1.165) is 13.0 Å². The Morgan fingerprint density at radius 1 is 0.889 bits per heavy atom. The summed E-state index contributed by atoms with van der Waals surface area (Å²) in [5, 5.41) is 3.56. The monoisotopic (exact) mass is 235 g/mol. The predicted molar refractivity (Wildman–Crippen MR) is 76.4 cm³/mol. The summed E-state index contributed by atoms with van der Waals surface area (Å²) in [4.78, 5) is 0. The predicted octanol–water partition coefficient (Wildman–Crippen LogP) is 3.28. The van der Waals surface area contributed by atoms with Gasteiger partial charge in [-0.3, -0.25) is 0 Å². The summed E-state index contributed by atoms with van der Waals surface area (Å²) in [5.41, 5.74) is 4.14. The molecular formula is C17H17N. The lowest BCUT2D eigenvalue weighted by Crippen LogP contribution is -2.24. The van der Waals surface area contributed by atoms with Crippen LogP contribution in [0.2, 0.25) is 0 Å². The van der Waals surface area contributed by atoms with Gasteiger partial charge < -0.3 is 5.32 Å². The van der Waals surface area contributed by atoms with E-state index in [1.54, 1.807) is 0 Å². The van der Waals surface area contributed by atoms with Gasteiger partial charge in [-0.25, -0.2) is 0 Å². The van der Waals surface area contributed by atoms with Crippen molar-refractivity contribution >= 4 is 5.57 Å².